The number of carboxylic acid groups (broad SMARTS) is 1. The molecule has 0 heterocycles. The van der Waals surface area contributed by atoms with Gasteiger partial charge in [0.05, 0.1) is 0 Å². The van der Waals surface area contributed by atoms with Gasteiger partial charge in [-0.25, -0.2) is 10.3 Å². The maximum Gasteiger partial charge on any atom is 0.330 e. The number of nitrogens with one attached hydrogen (secondary N) is 1. The predicted octanol–water partition coefficient (Wildman–Crippen LogP) is 0.450. The van der Waals surface area contributed by atoms with Crippen LogP contribution in [0.15, 0.2) is 5.11 Å². The minimum atomic E-state index is -1.16. The summed E-state index contributed by atoms with van der Waals surface area (Å²) in [5.41, 5.74) is 6.40. The molecule has 0 spiro atoms. The van der Waals surface area contributed by atoms with E-state index in [9.17, 15) is 9.59 Å². The number of carbonyl (C=O) groups excluding carboxylic acids is 1. The molecule has 0 aromatic heterocycles. The van der Waals surface area contributed by atoms with E-state index in [1.165, 1.54) is 0 Å². The Labute approximate surface area is 57.6 Å². The Morgan fingerprint density at radius 2 is 2.40 bits per heavy atom. The molecule has 0 aromatic carbocycles. The molecular formula is C5H8N2O3. The number of aliphatic carboxylic acids is 1. The van der Waals surface area contributed by atoms with Crippen molar-refractivity contribution >= 4 is 12.3 Å². The Bertz CT molecular complexity index is 146. The van der Waals surface area contributed by atoms with Crippen molar-refractivity contribution in [3.63, 3.8) is 0 Å². The minimum absolute atomic E-state index is 0.113. The Balaban J connectivity index is 3.71. The van der Waals surface area contributed by atoms with Gasteiger partial charge in [0.15, 0.2) is 6.04 Å². The second-order valence-electron chi connectivity index (χ2n) is 1.73. The first kappa shape index (κ1) is 8.74. The van der Waals surface area contributed by atoms with E-state index >= 15 is 0 Å². The molecule has 0 amide bonds. The van der Waals surface area contributed by atoms with Gasteiger partial charge in [-0.05, 0) is 6.42 Å². The van der Waals surface area contributed by atoms with Crippen molar-refractivity contribution in [2.24, 2.45) is 5.11 Å². The number of hydrogen-bond acceptors (Lipinski definition) is 4. The summed E-state index contributed by atoms with van der Waals surface area (Å²) in [7, 11) is 0. The molecule has 0 bridgehead atoms. The van der Waals surface area contributed by atoms with Gasteiger partial charge in [-0.1, -0.05) is 0 Å². The second-order valence-corrected chi connectivity index (χ2v) is 1.73. The monoisotopic (exact) mass is 144 g/mol. The second kappa shape index (κ2) is 4.60. The Kier molecular flexibility index (Phi) is 4.02. The predicted molar refractivity (Wildman–Crippen MR) is 31.9 cm³/mol. The summed E-state index contributed by atoms with van der Waals surface area (Å²) in [6.07, 6.45) is 0.864. The summed E-state index contributed by atoms with van der Waals surface area (Å²) in [6, 6.07) is -1.05. The number of hydrogen-bond donors (Lipinski definition) is 2. The SMILES string of the molecule is N=NC(CCC=O)C(=O)O. The van der Waals surface area contributed by atoms with Gasteiger partial charge in [0, 0.05) is 6.42 Å². The van der Waals surface area contributed by atoms with Crippen LogP contribution in [0.2, 0.25) is 0 Å². The summed E-state index contributed by atoms with van der Waals surface area (Å²) in [6.45, 7) is 0. The van der Waals surface area contributed by atoms with E-state index in [2.05, 4.69) is 5.11 Å². The summed E-state index contributed by atoms with van der Waals surface area (Å²) >= 11 is 0. The van der Waals surface area contributed by atoms with Crippen LogP contribution in [0.1, 0.15) is 12.8 Å². The van der Waals surface area contributed by atoms with Crippen LogP contribution in [-0.4, -0.2) is 23.4 Å². The van der Waals surface area contributed by atoms with Crippen LogP contribution in [0.4, 0.5) is 0 Å². The van der Waals surface area contributed by atoms with E-state index in [0.717, 1.165) is 0 Å². The summed E-state index contributed by atoms with van der Waals surface area (Å²) in [5, 5.41) is 11.1. The average Bonchev–Trinajstić information content (AvgIpc) is 1.89. The molecule has 0 saturated heterocycles. The molecule has 0 saturated carbocycles. The molecule has 1 atom stereocenters. The van der Waals surface area contributed by atoms with Crippen molar-refractivity contribution in [2.75, 3.05) is 0 Å². The number of rotatable bonds is 5. The summed E-state index contributed by atoms with van der Waals surface area (Å²) < 4.78 is 0. The fourth-order valence-corrected chi connectivity index (χ4v) is 0.469. The first-order valence-corrected chi connectivity index (χ1v) is 2.75. The van der Waals surface area contributed by atoms with Crippen LogP contribution in [0.25, 0.3) is 0 Å². The van der Waals surface area contributed by atoms with Gasteiger partial charge in [0.2, 0.25) is 0 Å². The van der Waals surface area contributed by atoms with E-state index in [-0.39, 0.29) is 12.8 Å². The van der Waals surface area contributed by atoms with Gasteiger partial charge in [-0.3, -0.25) is 0 Å². The van der Waals surface area contributed by atoms with Crippen LogP contribution in [0.3, 0.4) is 0 Å². The standard InChI is InChI=1S/C5H8N2O3/c6-7-4(5(9)10)2-1-3-8/h3-4,6H,1-2H2,(H,9,10). The van der Waals surface area contributed by atoms with E-state index in [4.69, 9.17) is 10.6 Å². The third-order valence-electron chi connectivity index (χ3n) is 0.999. The molecule has 10 heavy (non-hydrogen) atoms. The van der Waals surface area contributed by atoms with Crippen LogP contribution in [0.5, 0.6) is 0 Å². The minimum Gasteiger partial charge on any atom is -0.480 e. The molecule has 1 unspecified atom stereocenters. The lowest BCUT2D eigenvalue weighted by atomic mass is 10.2. The number of carbonyl (C=O) groups is 2. The van der Waals surface area contributed by atoms with Crippen molar-refractivity contribution in [3.05, 3.63) is 0 Å². The molecule has 0 rings (SSSR count). The molecule has 56 valence electrons. The highest BCUT2D eigenvalue weighted by atomic mass is 16.4. The van der Waals surface area contributed by atoms with Gasteiger partial charge in [-0.2, -0.15) is 5.11 Å². The Morgan fingerprint density at radius 1 is 1.80 bits per heavy atom. The topological polar surface area (TPSA) is 90.6 Å². The third kappa shape index (κ3) is 2.91. The number of carboxylic acids is 1. The van der Waals surface area contributed by atoms with Crippen LogP contribution >= 0.6 is 0 Å². The smallest absolute Gasteiger partial charge is 0.330 e. The molecule has 0 aliphatic carbocycles. The first-order valence-electron chi connectivity index (χ1n) is 2.75. The lowest BCUT2D eigenvalue weighted by Gasteiger charge is -1.99. The maximum absolute atomic E-state index is 10.1. The van der Waals surface area contributed by atoms with Crippen molar-refractivity contribution in [3.8, 4) is 0 Å². The van der Waals surface area contributed by atoms with Crippen LogP contribution in [-0.2, 0) is 9.59 Å². The normalized spacial score (nSPS) is 12.0. The zero-order valence-corrected chi connectivity index (χ0v) is 5.28. The van der Waals surface area contributed by atoms with E-state index < -0.39 is 12.0 Å². The number of nitrogens with zero attached hydrogens (tertiary/aromatic N) is 1. The maximum atomic E-state index is 10.1. The highest BCUT2D eigenvalue weighted by Crippen LogP contribution is 1.99. The highest BCUT2D eigenvalue weighted by Gasteiger charge is 2.14. The molecule has 5 heteroatoms. The lowest BCUT2D eigenvalue weighted by molar-refractivity contribution is -0.138. The third-order valence-corrected chi connectivity index (χ3v) is 0.999. The summed E-state index contributed by atoms with van der Waals surface area (Å²) in [4.78, 5) is 19.9. The van der Waals surface area contributed by atoms with Gasteiger partial charge in [0.1, 0.15) is 6.29 Å². The van der Waals surface area contributed by atoms with Crippen LogP contribution < -0.4 is 0 Å². The average molecular weight is 144 g/mol. The van der Waals surface area contributed by atoms with Crippen molar-refractivity contribution in [2.45, 2.75) is 18.9 Å². The molecule has 0 radical (unpaired) electrons. The highest BCUT2D eigenvalue weighted by molar-refractivity contribution is 5.73. The Morgan fingerprint density at radius 3 is 2.70 bits per heavy atom. The zero-order valence-electron chi connectivity index (χ0n) is 5.28. The van der Waals surface area contributed by atoms with Crippen LogP contribution in [0, 0.1) is 5.53 Å². The lowest BCUT2D eigenvalue weighted by Crippen LogP contribution is -2.16. The summed E-state index contributed by atoms with van der Waals surface area (Å²) in [5.74, 6) is -1.16. The van der Waals surface area contributed by atoms with Crippen molar-refractivity contribution in [1.29, 1.82) is 5.53 Å². The van der Waals surface area contributed by atoms with E-state index in [0.29, 0.717) is 6.29 Å². The van der Waals surface area contributed by atoms with Gasteiger partial charge in [-0.15, -0.1) is 0 Å². The largest absolute Gasteiger partial charge is 0.480 e. The van der Waals surface area contributed by atoms with Gasteiger partial charge >= 0.3 is 5.97 Å². The van der Waals surface area contributed by atoms with Gasteiger partial charge in [0.25, 0.3) is 0 Å². The molecule has 0 aliphatic rings. The first-order chi connectivity index (χ1) is 4.72. The Hall–Kier alpha value is -1.26. The molecular weight excluding hydrogens is 136 g/mol. The molecule has 2 N–H and O–H groups in total. The van der Waals surface area contributed by atoms with E-state index in [1.54, 1.807) is 0 Å². The fraction of sp³-hybridized carbons (Fsp3) is 0.600. The van der Waals surface area contributed by atoms with Gasteiger partial charge < -0.3 is 9.90 Å². The molecule has 0 fully saturated rings. The molecule has 0 aliphatic heterocycles. The van der Waals surface area contributed by atoms with Crippen molar-refractivity contribution in [1.82, 2.24) is 0 Å². The number of aldehydes is 1. The quantitative estimate of drug-likeness (QED) is 0.433. The van der Waals surface area contributed by atoms with Crippen molar-refractivity contribution < 1.29 is 14.7 Å². The zero-order chi connectivity index (χ0) is 7.98. The molecule has 5 nitrogen and oxygen atoms in total. The van der Waals surface area contributed by atoms with E-state index in [1.807, 2.05) is 0 Å². The fourth-order valence-electron chi connectivity index (χ4n) is 0.469. The molecule has 0 aromatic rings.